The number of rotatable bonds is 4. The SMILES string of the molecule is Cc1nn2c(=O)[nH]c(SCc3ccccn3)nc2c1-c1ccc(F)cc1. The molecular formula is C18H14FN5OS. The van der Waals surface area contributed by atoms with E-state index in [9.17, 15) is 9.18 Å². The van der Waals surface area contributed by atoms with Crippen molar-refractivity contribution in [1.29, 1.82) is 0 Å². The third kappa shape index (κ3) is 3.11. The molecule has 3 heterocycles. The second-order valence-corrected chi connectivity index (χ2v) is 6.62. The van der Waals surface area contributed by atoms with E-state index in [1.165, 1.54) is 28.4 Å². The summed E-state index contributed by atoms with van der Waals surface area (Å²) in [6, 6.07) is 11.7. The average Bonchev–Trinajstić information content (AvgIpc) is 2.98. The molecule has 0 amide bonds. The number of thioether (sulfide) groups is 1. The summed E-state index contributed by atoms with van der Waals surface area (Å²) >= 11 is 1.39. The van der Waals surface area contributed by atoms with Crippen LogP contribution in [-0.4, -0.2) is 24.6 Å². The number of hydrogen-bond acceptors (Lipinski definition) is 5. The molecule has 0 radical (unpaired) electrons. The maximum absolute atomic E-state index is 13.2. The third-order valence-corrected chi connectivity index (χ3v) is 4.77. The van der Waals surface area contributed by atoms with E-state index >= 15 is 0 Å². The van der Waals surface area contributed by atoms with Crippen LogP contribution >= 0.6 is 11.8 Å². The highest BCUT2D eigenvalue weighted by atomic mass is 32.2. The second-order valence-electron chi connectivity index (χ2n) is 5.66. The van der Waals surface area contributed by atoms with E-state index in [4.69, 9.17) is 0 Å². The minimum absolute atomic E-state index is 0.319. The van der Waals surface area contributed by atoms with Gasteiger partial charge in [-0.15, -0.1) is 0 Å². The topological polar surface area (TPSA) is 75.9 Å². The first-order chi connectivity index (χ1) is 12.6. The number of nitrogens with zero attached hydrogens (tertiary/aromatic N) is 4. The molecule has 6 nitrogen and oxygen atoms in total. The smallest absolute Gasteiger partial charge is 0.285 e. The van der Waals surface area contributed by atoms with Gasteiger partial charge in [0.15, 0.2) is 10.8 Å². The lowest BCUT2D eigenvalue weighted by atomic mass is 10.1. The molecule has 0 aliphatic heterocycles. The zero-order valence-corrected chi connectivity index (χ0v) is 14.6. The zero-order chi connectivity index (χ0) is 18.1. The minimum Gasteiger partial charge on any atom is -0.285 e. The molecule has 130 valence electrons. The van der Waals surface area contributed by atoms with Gasteiger partial charge in [-0.2, -0.15) is 9.61 Å². The molecule has 0 spiro atoms. The predicted octanol–water partition coefficient (Wildman–Crippen LogP) is 3.22. The van der Waals surface area contributed by atoms with Gasteiger partial charge in [0.2, 0.25) is 0 Å². The molecule has 0 aliphatic rings. The number of benzene rings is 1. The van der Waals surface area contributed by atoms with Gasteiger partial charge < -0.3 is 0 Å². The summed E-state index contributed by atoms with van der Waals surface area (Å²) in [6.07, 6.45) is 1.72. The Morgan fingerprint density at radius 1 is 1.19 bits per heavy atom. The summed E-state index contributed by atoms with van der Waals surface area (Å²) in [5, 5.41) is 4.75. The van der Waals surface area contributed by atoms with Crippen LogP contribution < -0.4 is 5.69 Å². The molecule has 4 rings (SSSR count). The lowest BCUT2D eigenvalue weighted by Crippen LogP contribution is -2.19. The fourth-order valence-corrected chi connectivity index (χ4v) is 3.44. The molecule has 0 saturated carbocycles. The Morgan fingerprint density at radius 2 is 2.00 bits per heavy atom. The summed E-state index contributed by atoms with van der Waals surface area (Å²) in [7, 11) is 0. The lowest BCUT2D eigenvalue weighted by molar-refractivity contribution is 0.628. The van der Waals surface area contributed by atoms with Crippen molar-refractivity contribution >= 4 is 17.4 Å². The predicted molar refractivity (Wildman–Crippen MR) is 97.5 cm³/mol. The van der Waals surface area contributed by atoms with Crippen molar-refractivity contribution in [2.75, 3.05) is 0 Å². The molecule has 0 bridgehead atoms. The average molecular weight is 367 g/mol. The lowest BCUT2D eigenvalue weighted by Gasteiger charge is -2.03. The summed E-state index contributed by atoms with van der Waals surface area (Å²) in [5.41, 5.74) is 3.11. The monoisotopic (exact) mass is 367 g/mol. The van der Waals surface area contributed by atoms with E-state index in [0.717, 1.165) is 16.8 Å². The van der Waals surface area contributed by atoms with Gasteiger partial charge >= 0.3 is 5.69 Å². The number of fused-ring (bicyclic) bond motifs is 1. The number of aromatic amines is 1. The fraction of sp³-hybridized carbons (Fsp3) is 0.111. The largest absolute Gasteiger partial charge is 0.350 e. The summed E-state index contributed by atoms with van der Waals surface area (Å²) in [4.78, 5) is 23.9. The molecular weight excluding hydrogens is 353 g/mol. The van der Waals surface area contributed by atoms with Crippen molar-refractivity contribution in [2.24, 2.45) is 0 Å². The van der Waals surface area contributed by atoms with E-state index in [0.29, 0.717) is 22.3 Å². The minimum atomic E-state index is -0.366. The molecule has 8 heteroatoms. The Bertz CT molecular complexity index is 1120. The van der Waals surface area contributed by atoms with Crippen molar-refractivity contribution in [2.45, 2.75) is 17.8 Å². The first-order valence-electron chi connectivity index (χ1n) is 7.90. The Morgan fingerprint density at radius 3 is 2.73 bits per heavy atom. The normalized spacial score (nSPS) is 11.2. The van der Waals surface area contributed by atoms with Crippen LogP contribution in [0.15, 0.2) is 58.6 Å². The van der Waals surface area contributed by atoms with Crippen LogP contribution in [-0.2, 0) is 5.75 Å². The van der Waals surface area contributed by atoms with Gasteiger partial charge in [-0.1, -0.05) is 30.0 Å². The summed E-state index contributed by atoms with van der Waals surface area (Å²) in [5.74, 6) is 0.263. The molecule has 26 heavy (non-hydrogen) atoms. The van der Waals surface area contributed by atoms with Crippen molar-refractivity contribution in [3.63, 3.8) is 0 Å². The highest BCUT2D eigenvalue weighted by molar-refractivity contribution is 7.98. The molecule has 0 aliphatic carbocycles. The van der Waals surface area contributed by atoms with Crippen molar-refractivity contribution in [3.05, 3.63) is 76.4 Å². The van der Waals surface area contributed by atoms with Gasteiger partial charge in [-0.05, 0) is 36.8 Å². The maximum Gasteiger partial charge on any atom is 0.350 e. The second kappa shape index (κ2) is 6.72. The molecule has 1 aromatic carbocycles. The number of nitrogens with one attached hydrogen (secondary N) is 1. The number of pyridine rings is 1. The van der Waals surface area contributed by atoms with Crippen LogP contribution in [0.5, 0.6) is 0 Å². The number of aryl methyl sites for hydroxylation is 1. The maximum atomic E-state index is 13.2. The number of aromatic nitrogens is 5. The van der Waals surface area contributed by atoms with Gasteiger partial charge in [-0.3, -0.25) is 9.97 Å². The van der Waals surface area contributed by atoms with E-state index in [1.54, 1.807) is 25.3 Å². The molecule has 0 fully saturated rings. The van der Waals surface area contributed by atoms with E-state index in [1.807, 2.05) is 18.2 Å². The molecule has 4 aromatic rings. The Labute approximate surface area is 152 Å². The van der Waals surface area contributed by atoms with Crippen LogP contribution in [0.4, 0.5) is 4.39 Å². The van der Waals surface area contributed by atoms with Gasteiger partial charge in [0.25, 0.3) is 0 Å². The highest BCUT2D eigenvalue weighted by Gasteiger charge is 2.16. The number of hydrogen-bond donors (Lipinski definition) is 1. The molecule has 0 unspecified atom stereocenters. The Kier molecular flexibility index (Phi) is 4.26. The molecule has 3 aromatic heterocycles. The number of halogens is 1. The van der Waals surface area contributed by atoms with Gasteiger partial charge in [0.05, 0.1) is 11.4 Å². The van der Waals surface area contributed by atoms with Gasteiger partial charge in [0.1, 0.15) is 5.82 Å². The quantitative estimate of drug-likeness (QED) is 0.561. The van der Waals surface area contributed by atoms with Crippen LogP contribution in [0.3, 0.4) is 0 Å². The van der Waals surface area contributed by atoms with Crippen molar-refractivity contribution < 1.29 is 4.39 Å². The molecule has 0 saturated heterocycles. The van der Waals surface area contributed by atoms with Gasteiger partial charge in [0, 0.05) is 17.5 Å². The fourth-order valence-electron chi connectivity index (χ4n) is 2.68. The Hall–Kier alpha value is -3.00. The first kappa shape index (κ1) is 16.5. The van der Waals surface area contributed by atoms with Crippen LogP contribution in [0.25, 0.3) is 16.8 Å². The Balaban J connectivity index is 1.76. The third-order valence-electron chi connectivity index (χ3n) is 3.87. The summed E-state index contributed by atoms with van der Waals surface area (Å²) < 4.78 is 14.5. The van der Waals surface area contributed by atoms with Gasteiger partial charge in [-0.25, -0.2) is 14.2 Å². The zero-order valence-electron chi connectivity index (χ0n) is 13.8. The van der Waals surface area contributed by atoms with Crippen LogP contribution in [0.2, 0.25) is 0 Å². The van der Waals surface area contributed by atoms with E-state index in [2.05, 4.69) is 20.1 Å². The van der Waals surface area contributed by atoms with E-state index < -0.39 is 0 Å². The van der Waals surface area contributed by atoms with Crippen LogP contribution in [0.1, 0.15) is 11.4 Å². The van der Waals surface area contributed by atoms with Crippen molar-refractivity contribution in [1.82, 2.24) is 24.6 Å². The summed E-state index contributed by atoms with van der Waals surface area (Å²) in [6.45, 7) is 1.80. The first-order valence-corrected chi connectivity index (χ1v) is 8.88. The van der Waals surface area contributed by atoms with E-state index in [-0.39, 0.29) is 11.5 Å². The molecule has 1 N–H and O–H groups in total. The standard InChI is InChI=1S/C18H14FN5OS/c1-11-15(12-5-7-13(19)8-6-12)16-21-17(22-18(25)24(16)23-11)26-10-14-4-2-3-9-20-14/h2-9H,10H2,1H3,(H,21,22,25). The highest BCUT2D eigenvalue weighted by Crippen LogP contribution is 2.27. The van der Waals surface area contributed by atoms with Crippen molar-refractivity contribution in [3.8, 4) is 11.1 Å². The van der Waals surface area contributed by atoms with Crippen LogP contribution in [0, 0.1) is 12.7 Å². The molecule has 0 atom stereocenters. The number of H-pyrrole nitrogens is 1.